The minimum absolute atomic E-state index is 0.0281. The Morgan fingerprint density at radius 1 is 1.64 bits per heavy atom. The molecule has 0 aromatic heterocycles. The Labute approximate surface area is 87.2 Å². The summed E-state index contributed by atoms with van der Waals surface area (Å²) < 4.78 is 0. The van der Waals surface area contributed by atoms with Gasteiger partial charge < -0.3 is 0 Å². The molecule has 1 aromatic carbocycles. The van der Waals surface area contributed by atoms with Gasteiger partial charge in [-0.1, -0.05) is 17.7 Å². The maximum atomic E-state index is 10.5. The Hall–Kier alpha value is -1.35. The molecular weight excluding hydrogens is 202 g/mol. The van der Waals surface area contributed by atoms with E-state index in [9.17, 15) is 10.1 Å². The molecule has 0 bridgehead atoms. The molecule has 1 rings (SSSR count). The molecule has 0 saturated carbocycles. The van der Waals surface area contributed by atoms with Crippen LogP contribution >= 0.6 is 11.6 Å². The average Bonchev–Trinajstić information content (AvgIpc) is 2.10. The van der Waals surface area contributed by atoms with Gasteiger partial charge in [-0.3, -0.25) is 10.1 Å². The van der Waals surface area contributed by atoms with Crippen LogP contribution in [0.3, 0.4) is 0 Å². The van der Waals surface area contributed by atoms with Crippen LogP contribution in [0, 0.1) is 17.0 Å². The molecule has 0 saturated heterocycles. The number of rotatable bonds is 3. The van der Waals surface area contributed by atoms with Gasteiger partial charge in [-0.05, 0) is 24.5 Å². The van der Waals surface area contributed by atoms with Crippen LogP contribution in [0.5, 0.6) is 0 Å². The molecule has 1 aromatic rings. The molecule has 0 amide bonds. The minimum atomic E-state index is -0.448. The van der Waals surface area contributed by atoms with Gasteiger partial charge in [0.25, 0.3) is 5.69 Å². The second-order valence-corrected chi connectivity index (χ2v) is 3.38. The monoisotopic (exact) mass is 211 g/mol. The van der Waals surface area contributed by atoms with Crippen molar-refractivity contribution in [2.75, 3.05) is 0 Å². The lowest BCUT2D eigenvalue weighted by Gasteiger charge is -2.05. The molecular formula is C10H10ClNO2. The summed E-state index contributed by atoms with van der Waals surface area (Å²) in [5, 5.41) is 10.9. The van der Waals surface area contributed by atoms with Crippen molar-refractivity contribution in [2.24, 2.45) is 0 Å². The van der Waals surface area contributed by atoms with Crippen molar-refractivity contribution >= 4 is 17.3 Å². The molecule has 0 heterocycles. The van der Waals surface area contributed by atoms with Gasteiger partial charge in [0.2, 0.25) is 0 Å². The number of hydrogen-bond donors (Lipinski definition) is 0. The second-order valence-electron chi connectivity index (χ2n) is 2.97. The fraction of sp³-hybridized carbons (Fsp3) is 0.200. The predicted octanol–water partition coefficient (Wildman–Crippen LogP) is 3.29. The fourth-order valence-corrected chi connectivity index (χ4v) is 1.60. The smallest absolute Gasteiger partial charge is 0.258 e. The lowest BCUT2D eigenvalue weighted by atomic mass is 10.1. The molecule has 0 fully saturated rings. The summed E-state index contributed by atoms with van der Waals surface area (Å²) in [6.07, 6.45) is 2.35. The maximum Gasteiger partial charge on any atom is 0.271 e. The van der Waals surface area contributed by atoms with Crippen molar-refractivity contribution in [1.29, 1.82) is 0 Å². The molecule has 0 N–H and O–H groups in total. The summed E-state index contributed by atoms with van der Waals surface area (Å²) in [6, 6.07) is 2.89. The number of hydrogen-bond acceptors (Lipinski definition) is 2. The number of nitro benzene ring substituents is 1. The van der Waals surface area contributed by atoms with Gasteiger partial charge in [0.1, 0.15) is 0 Å². The SMILES string of the molecule is C=CCc1c(C)cc([N+](=O)[O-])cc1Cl. The highest BCUT2D eigenvalue weighted by Gasteiger charge is 2.11. The lowest BCUT2D eigenvalue weighted by molar-refractivity contribution is -0.384. The maximum absolute atomic E-state index is 10.5. The van der Waals surface area contributed by atoms with Crippen molar-refractivity contribution in [2.45, 2.75) is 13.3 Å². The number of non-ortho nitro benzene ring substituents is 1. The van der Waals surface area contributed by atoms with E-state index in [4.69, 9.17) is 11.6 Å². The molecule has 14 heavy (non-hydrogen) atoms. The number of nitro groups is 1. The largest absolute Gasteiger partial charge is 0.271 e. The van der Waals surface area contributed by atoms with Crippen LogP contribution in [-0.2, 0) is 6.42 Å². The summed E-state index contributed by atoms with van der Waals surface area (Å²) in [7, 11) is 0. The molecule has 4 heteroatoms. The first-order valence-electron chi connectivity index (χ1n) is 4.10. The van der Waals surface area contributed by atoms with Crippen LogP contribution in [0.2, 0.25) is 5.02 Å². The van der Waals surface area contributed by atoms with E-state index in [2.05, 4.69) is 6.58 Å². The summed E-state index contributed by atoms with van der Waals surface area (Å²) in [4.78, 5) is 10.1. The van der Waals surface area contributed by atoms with E-state index in [1.165, 1.54) is 12.1 Å². The Bertz CT molecular complexity index is 365. The molecule has 0 spiro atoms. The topological polar surface area (TPSA) is 43.1 Å². The van der Waals surface area contributed by atoms with Crippen molar-refractivity contribution in [3.8, 4) is 0 Å². The second kappa shape index (κ2) is 4.24. The van der Waals surface area contributed by atoms with Crippen LogP contribution in [-0.4, -0.2) is 4.92 Å². The zero-order valence-electron chi connectivity index (χ0n) is 7.79. The highest BCUT2D eigenvalue weighted by molar-refractivity contribution is 6.31. The quantitative estimate of drug-likeness (QED) is 0.438. The summed E-state index contributed by atoms with van der Waals surface area (Å²) >= 11 is 5.91. The highest BCUT2D eigenvalue weighted by atomic mass is 35.5. The Morgan fingerprint density at radius 3 is 2.71 bits per heavy atom. The molecule has 0 atom stereocenters. The summed E-state index contributed by atoms with van der Waals surface area (Å²) in [5.41, 5.74) is 1.75. The fourth-order valence-electron chi connectivity index (χ4n) is 1.26. The third-order valence-corrected chi connectivity index (χ3v) is 2.30. The van der Waals surface area contributed by atoms with E-state index in [1.54, 1.807) is 13.0 Å². The van der Waals surface area contributed by atoms with Gasteiger partial charge in [-0.25, -0.2) is 0 Å². The number of aryl methyl sites for hydroxylation is 1. The van der Waals surface area contributed by atoms with Gasteiger partial charge in [-0.15, -0.1) is 6.58 Å². The number of allylic oxidation sites excluding steroid dienone is 1. The molecule has 0 aliphatic heterocycles. The Kier molecular flexibility index (Phi) is 3.25. The van der Waals surface area contributed by atoms with Crippen LogP contribution in [0.4, 0.5) is 5.69 Å². The van der Waals surface area contributed by atoms with Crippen LogP contribution < -0.4 is 0 Å². The lowest BCUT2D eigenvalue weighted by Crippen LogP contribution is -1.94. The molecule has 0 radical (unpaired) electrons. The zero-order valence-corrected chi connectivity index (χ0v) is 8.54. The van der Waals surface area contributed by atoms with E-state index in [1.807, 2.05) is 0 Å². The van der Waals surface area contributed by atoms with Crippen molar-refractivity contribution in [3.63, 3.8) is 0 Å². The highest BCUT2D eigenvalue weighted by Crippen LogP contribution is 2.26. The zero-order chi connectivity index (χ0) is 10.7. The van der Waals surface area contributed by atoms with Gasteiger partial charge >= 0.3 is 0 Å². The first-order valence-corrected chi connectivity index (χ1v) is 4.48. The third kappa shape index (κ3) is 2.12. The number of benzene rings is 1. The summed E-state index contributed by atoms with van der Waals surface area (Å²) in [6.45, 7) is 5.41. The Morgan fingerprint density at radius 2 is 2.29 bits per heavy atom. The van der Waals surface area contributed by atoms with Crippen LogP contribution in [0.1, 0.15) is 11.1 Å². The molecule has 74 valence electrons. The van der Waals surface area contributed by atoms with Crippen molar-refractivity contribution in [3.05, 3.63) is 51.1 Å². The third-order valence-electron chi connectivity index (χ3n) is 1.96. The first kappa shape index (κ1) is 10.7. The predicted molar refractivity (Wildman–Crippen MR) is 56.7 cm³/mol. The van der Waals surface area contributed by atoms with Crippen LogP contribution in [0.25, 0.3) is 0 Å². The average molecular weight is 212 g/mol. The van der Waals surface area contributed by atoms with E-state index < -0.39 is 4.92 Å². The number of halogens is 1. The van der Waals surface area contributed by atoms with Gasteiger partial charge in [0.15, 0.2) is 0 Å². The molecule has 0 aliphatic carbocycles. The normalized spacial score (nSPS) is 9.86. The molecule has 0 unspecified atom stereocenters. The Balaban J connectivity index is 3.24. The minimum Gasteiger partial charge on any atom is -0.258 e. The molecule has 3 nitrogen and oxygen atoms in total. The molecule has 0 aliphatic rings. The van der Waals surface area contributed by atoms with Gasteiger partial charge in [0, 0.05) is 12.1 Å². The van der Waals surface area contributed by atoms with Crippen molar-refractivity contribution < 1.29 is 4.92 Å². The van der Waals surface area contributed by atoms with E-state index in [0.717, 1.165) is 11.1 Å². The van der Waals surface area contributed by atoms with Crippen LogP contribution in [0.15, 0.2) is 24.8 Å². The summed E-state index contributed by atoms with van der Waals surface area (Å²) in [5.74, 6) is 0. The van der Waals surface area contributed by atoms with Gasteiger partial charge in [0.05, 0.1) is 9.95 Å². The number of nitrogens with zero attached hydrogens (tertiary/aromatic N) is 1. The van der Waals surface area contributed by atoms with E-state index >= 15 is 0 Å². The first-order chi connectivity index (χ1) is 6.56. The van der Waals surface area contributed by atoms with E-state index in [0.29, 0.717) is 11.4 Å². The van der Waals surface area contributed by atoms with Crippen molar-refractivity contribution in [1.82, 2.24) is 0 Å². The van der Waals surface area contributed by atoms with Gasteiger partial charge in [-0.2, -0.15) is 0 Å². The van der Waals surface area contributed by atoms with E-state index in [-0.39, 0.29) is 5.69 Å². The standard InChI is InChI=1S/C10H10ClNO2/c1-3-4-9-7(2)5-8(12(13)14)6-10(9)11/h3,5-6H,1,4H2,2H3.